The molecule has 6 nitrogen and oxygen atoms in total. The van der Waals surface area contributed by atoms with Crippen LogP contribution in [-0.2, 0) is 4.79 Å². The van der Waals surface area contributed by atoms with Crippen molar-refractivity contribution in [1.82, 2.24) is 16.0 Å². The van der Waals surface area contributed by atoms with Crippen LogP contribution in [0.25, 0.3) is 0 Å². The highest BCUT2D eigenvalue weighted by Crippen LogP contribution is 2.22. The Balaban J connectivity index is 1.92. The number of β-amino-alcohol motifs (C(OH)–C–C–N with tert-alkyl or cyclic N) is 1. The highest BCUT2D eigenvalue weighted by atomic mass is 32.2. The van der Waals surface area contributed by atoms with E-state index in [4.69, 9.17) is 0 Å². The van der Waals surface area contributed by atoms with Crippen molar-refractivity contribution in [2.75, 3.05) is 25.4 Å². The number of carbonyl (C=O) groups is 2. The summed E-state index contributed by atoms with van der Waals surface area (Å²) in [6, 6.07) is 7.35. The summed E-state index contributed by atoms with van der Waals surface area (Å²) in [5.41, 5.74) is 0.556. The van der Waals surface area contributed by atoms with Crippen molar-refractivity contribution in [1.29, 1.82) is 0 Å². The van der Waals surface area contributed by atoms with Gasteiger partial charge in [-0.3, -0.25) is 9.59 Å². The summed E-state index contributed by atoms with van der Waals surface area (Å²) in [5, 5.41) is 18.6. The lowest BCUT2D eigenvalue weighted by Crippen LogP contribution is -2.34. The van der Waals surface area contributed by atoms with Gasteiger partial charge in [0, 0.05) is 36.5 Å². The van der Waals surface area contributed by atoms with E-state index in [0.717, 1.165) is 4.90 Å². The molecule has 1 heterocycles. The van der Waals surface area contributed by atoms with Gasteiger partial charge in [0.15, 0.2) is 0 Å². The van der Waals surface area contributed by atoms with Crippen LogP contribution in [0.2, 0.25) is 0 Å². The first-order valence-corrected chi connectivity index (χ1v) is 9.14. The maximum atomic E-state index is 12.4. The molecule has 0 saturated carbocycles. The second-order valence-electron chi connectivity index (χ2n) is 6.20. The zero-order valence-electron chi connectivity index (χ0n) is 14.0. The van der Waals surface area contributed by atoms with Crippen molar-refractivity contribution < 1.29 is 14.7 Å². The van der Waals surface area contributed by atoms with Crippen LogP contribution in [0.1, 0.15) is 24.2 Å². The molecule has 2 unspecified atom stereocenters. The molecule has 0 aromatic heterocycles. The van der Waals surface area contributed by atoms with E-state index in [-0.39, 0.29) is 29.5 Å². The monoisotopic (exact) mass is 351 g/mol. The minimum atomic E-state index is -0.422. The van der Waals surface area contributed by atoms with Crippen molar-refractivity contribution in [2.45, 2.75) is 30.9 Å². The fourth-order valence-corrected chi connectivity index (χ4v) is 3.39. The maximum Gasteiger partial charge on any atom is 0.252 e. The minimum absolute atomic E-state index is 0.0329. The molecule has 2 amide bonds. The average molecular weight is 351 g/mol. The third-order valence-electron chi connectivity index (χ3n) is 3.77. The summed E-state index contributed by atoms with van der Waals surface area (Å²) in [5.74, 6) is 0.0747. The molecule has 1 saturated heterocycles. The second-order valence-corrected chi connectivity index (χ2v) is 7.22. The molecule has 0 spiro atoms. The second kappa shape index (κ2) is 9.05. The predicted octanol–water partition coefficient (Wildman–Crippen LogP) is 0.613. The lowest BCUT2D eigenvalue weighted by atomic mass is 10.1. The number of aliphatic hydroxyl groups is 1. The van der Waals surface area contributed by atoms with Gasteiger partial charge in [-0.15, -0.1) is 11.8 Å². The Morgan fingerprint density at radius 2 is 2.08 bits per heavy atom. The number of rotatable bonds is 7. The standard InChI is InChI=1S/C17H25N3O3S/c1-11(2)20-16(22)10-24-15-6-4-3-5-13(15)17(23)19-8-12-7-18-9-14(12)21/h3-6,11-12,14,18,21H,7-10H2,1-2H3,(H,19,23)(H,20,22). The van der Waals surface area contributed by atoms with Crippen LogP contribution in [0.3, 0.4) is 0 Å². The summed E-state index contributed by atoms with van der Waals surface area (Å²) in [7, 11) is 0. The van der Waals surface area contributed by atoms with Gasteiger partial charge in [-0.2, -0.15) is 0 Å². The van der Waals surface area contributed by atoms with E-state index in [1.165, 1.54) is 11.8 Å². The third-order valence-corrected chi connectivity index (χ3v) is 4.84. The van der Waals surface area contributed by atoms with E-state index in [1.54, 1.807) is 12.1 Å². The smallest absolute Gasteiger partial charge is 0.252 e. The van der Waals surface area contributed by atoms with Crippen LogP contribution in [0, 0.1) is 5.92 Å². The van der Waals surface area contributed by atoms with E-state index < -0.39 is 6.10 Å². The van der Waals surface area contributed by atoms with Crippen LogP contribution in [0.15, 0.2) is 29.2 Å². The van der Waals surface area contributed by atoms with Gasteiger partial charge < -0.3 is 21.1 Å². The molecule has 2 atom stereocenters. The number of nitrogens with one attached hydrogen (secondary N) is 3. The Labute approximate surface area is 146 Å². The molecule has 4 N–H and O–H groups in total. The van der Waals surface area contributed by atoms with Crippen LogP contribution >= 0.6 is 11.8 Å². The Hall–Kier alpha value is -1.57. The molecule has 1 aliphatic heterocycles. The number of hydrogen-bond donors (Lipinski definition) is 4. The summed E-state index contributed by atoms with van der Waals surface area (Å²) in [6.45, 7) is 5.53. The van der Waals surface area contributed by atoms with Crippen molar-refractivity contribution in [3.8, 4) is 0 Å². The lowest BCUT2D eigenvalue weighted by molar-refractivity contribution is -0.119. The molecule has 132 valence electrons. The average Bonchev–Trinajstić information content (AvgIpc) is 2.95. The highest BCUT2D eigenvalue weighted by molar-refractivity contribution is 8.00. The van der Waals surface area contributed by atoms with Gasteiger partial charge in [-0.25, -0.2) is 0 Å². The topological polar surface area (TPSA) is 90.5 Å². The molecule has 1 aromatic carbocycles. The van der Waals surface area contributed by atoms with Crippen molar-refractivity contribution in [3.05, 3.63) is 29.8 Å². The third kappa shape index (κ3) is 5.51. The molecule has 0 bridgehead atoms. The van der Waals surface area contributed by atoms with Crippen LogP contribution in [0.5, 0.6) is 0 Å². The lowest BCUT2D eigenvalue weighted by Gasteiger charge is -2.15. The zero-order chi connectivity index (χ0) is 17.5. The number of benzene rings is 1. The normalized spacial score (nSPS) is 20.2. The first-order chi connectivity index (χ1) is 11.5. The molecular weight excluding hydrogens is 326 g/mol. The van der Waals surface area contributed by atoms with Gasteiger partial charge in [-0.1, -0.05) is 12.1 Å². The van der Waals surface area contributed by atoms with E-state index in [9.17, 15) is 14.7 Å². The zero-order valence-corrected chi connectivity index (χ0v) is 14.9. The Morgan fingerprint density at radius 1 is 1.33 bits per heavy atom. The molecule has 2 rings (SSSR count). The van der Waals surface area contributed by atoms with Crippen molar-refractivity contribution in [2.24, 2.45) is 5.92 Å². The SMILES string of the molecule is CC(C)NC(=O)CSc1ccccc1C(=O)NCC1CNCC1O. The first-order valence-electron chi connectivity index (χ1n) is 8.15. The molecule has 7 heteroatoms. The fourth-order valence-electron chi connectivity index (χ4n) is 2.53. The number of amides is 2. The van der Waals surface area contributed by atoms with E-state index in [0.29, 0.717) is 25.2 Å². The van der Waals surface area contributed by atoms with E-state index in [1.807, 2.05) is 26.0 Å². The first kappa shape index (κ1) is 18.8. The molecule has 24 heavy (non-hydrogen) atoms. The predicted molar refractivity (Wildman–Crippen MR) is 95.1 cm³/mol. The van der Waals surface area contributed by atoms with Gasteiger partial charge >= 0.3 is 0 Å². The largest absolute Gasteiger partial charge is 0.391 e. The van der Waals surface area contributed by atoms with Crippen molar-refractivity contribution in [3.63, 3.8) is 0 Å². The summed E-state index contributed by atoms with van der Waals surface area (Å²) in [4.78, 5) is 25.0. The highest BCUT2D eigenvalue weighted by Gasteiger charge is 2.25. The molecule has 0 aliphatic carbocycles. The molecule has 0 radical (unpaired) electrons. The molecule has 1 fully saturated rings. The quantitative estimate of drug-likeness (QED) is 0.541. The Morgan fingerprint density at radius 3 is 2.75 bits per heavy atom. The van der Waals surface area contributed by atoms with Crippen molar-refractivity contribution >= 4 is 23.6 Å². The van der Waals surface area contributed by atoms with Gasteiger partial charge in [-0.05, 0) is 26.0 Å². The van der Waals surface area contributed by atoms with Gasteiger partial charge in [0.05, 0.1) is 17.4 Å². The van der Waals surface area contributed by atoms with Crippen LogP contribution in [-0.4, -0.2) is 54.5 Å². The number of hydrogen-bond acceptors (Lipinski definition) is 5. The molecule has 1 aliphatic rings. The summed E-state index contributed by atoms with van der Waals surface area (Å²) >= 11 is 1.35. The summed E-state index contributed by atoms with van der Waals surface area (Å²) < 4.78 is 0. The molecule has 1 aromatic rings. The molecular formula is C17H25N3O3S. The Kier molecular flexibility index (Phi) is 7.08. The van der Waals surface area contributed by atoms with Crippen LogP contribution < -0.4 is 16.0 Å². The minimum Gasteiger partial charge on any atom is -0.391 e. The maximum absolute atomic E-state index is 12.4. The summed E-state index contributed by atoms with van der Waals surface area (Å²) in [6.07, 6.45) is -0.422. The number of aliphatic hydroxyl groups excluding tert-OH is 1. The fraction of sp³-hybridized carbons (Fsp3) is 0.529. The number of carbonyl (C=O) groups excluding carboxylic acids is 2. The van der Waals surface area contributed by atoms with E-state index >= 15 is 0 Å². The van der Waals surface area contributed by atoms with Crippen LogP contribution in [0.4, 0.5) is 0 Å². The van der Waals surface area contributed by atoms with Gasteiger partial charge in [0.2, 0.25) is 5.91 Å². The number of thioether (sulfide) groups is 1. The Bertz CT molecular complexity index is 580. The van der Waals surface area contributed by atoms with E-state index in [2.05, 4.69) is 16.0 Å². The van der Waals surface area contributed by atoms with Gasteiger partial charge in [0.1, 0.15) is 0 Å². The van der Waals surface area contributed by atoms with Gasteiger partial charge in [0.25, 0.3) is 5.91 Å².